The van der Waals surface area contributed by atoms with Gasteiger partial charge in [-0.3, -0.25) is 9.59 Å². The number of hydrogen-bond acceptors (Lipinski definition) is 3. The number of alkyl halides is 3. The Morgan fingerprint density at radius 2 is 1.96 bits per heavy atom. The van der Waals surface area contributed by atoms with Crippen LogP contribution in [0.2, 0.25) is 0 Å². The molecule has 1 aliphatic heterocycles. The highest BCUT2D eigenvalue weighted by molar-refractivity contribution is 6.04. The van der Waals surface area contributed by atoms with Gasteiger partial charge in [-0.15, -0.1) is 0 Å². The van der Waals surface area contributed by atoms with Crippen molar-refractivity contribution in [2.75, 3.05) is 10.6 Å². The average Bonchev–Trinajstić information content (AvgIpc) is 2.54. The number of amides is 2. The molecule has 8 heteroatoms. The Morgan fingerprint density at radius 1 is 1.24 bits per heavy atom. The van der Waals surface area contributed by atoms with Crippen molar-refractivity contribution >= 4 is 23.3 Å². The monoisotopic (exact) mass is 349 g/mol. The highest BCUT2D eigenvalue weighted by Gasteiger charge is 2.31. The van der Waals surface area contributed by atoms with Gasteiger partial charge in [-0.25, -0.2) is 4.98 Å². The third-order valence-corrected chi connectivity index (χ3v) is 3.80. The first-order valence-electron chi connectivity index (χ1n) is 7.53. The number of nitrogens with one attached hydrogen (secondary N) is 2. The van der Waals surface area contributed by atoms with Crippen molar-refractivity contribution in [2.45, 2.75) is 24.9 Å². The number of nitrogens with zero attached hydrogens (tertiary/aromatic N) is 1. The molecule has 1 aromatic carbocycles. The molecule has 1 atom stereocenters. The van der Waals surface area contributed by atoms with Crippen molar-refractivity contribution in [1.29, 1.82) is 0 Å². The van der Waals surface area contributed by atoms with Crippen LogP contribution in [0.5, 0.6) is 0 Å². The van der Waals surface area contributed by atoms with Gasteiger partial charge < -0.3 is 10.6 Å². The topological polar surface area (TPSA) is 71.1 Å². The second-order valence-electron chi connectivity index (χ2n) is 5.72. The van der Waals surface area contributed by atoms with Crippen LogP contribution in [0.4, 0.5) is 24.7 Å². The SMILES string of the molecule is O=C1CC(C(=O)Nc2ccc(CC(F)(F)F)cc2)c2cccnc2N1. The molecule has 0 bridgehead atoms. The minimum absolute atomic E-state index is 0.0172. The molecule has 2 aromatic rings. The number of aromatic nitrogens is 1. The van der Waals surface area contributed by atoms with E-state index in [9.17, 15) is 22.8 Å². The molecule has 0 saturated heterocycles. The summed E-state index contributed by atoms with van der Waals surface area (Å²) in [5.74, 6) is -1.08. The molecule has 0 aliphatic carbocycles. The maximum atomic E-state index is 12.5. The smallest absolute Gasteiger partial charge is 0.326 e. The van der Waals surface area contributed by atoms with Gasteiger partial charge in [0.15, 0.2) is 0 Å². The molecule has 1 unspecified atom stereocenters. The molecule has 0 spiro atoms. The van der Waals surface area contributed by atoms with Crippen LogP contribution >= 0.6 is 0 Å². The lowest BCUT2D eigenvalue weighted by Gasteiger charge is -2.23. The summed E-state index contributed by atoms with van der Waals surface area (Å²) in [6, 6.07) is 8.82. The number of halogens is 3. The maximum Gasteiger partial charge on any atom is 0.393 e. The Labute approximate surface area is 141 Å². The number of carbonyl (C=O) groups excluding carboxylic acids is 2. The van der Waals surface area contributed by atoms with Gasteiger partial charge in [0.1, 0.15) is 5.82 Å². The van der Waals surface area contributed by atoms with Gasteiger partial charge in [-0.2, -0.15) is 13.2 Å². The lowest BCUT2D eigenvalue weighted by Crippen LogP contribution is -2.31. The van der Waals surface area contributed by atoms with Crippen LogP contribution in [-0.4, -0.2) is 23.0 Å². The fraction of sp³-hybridized carbons (Fsp3) is 0.235. The van der Waals surface area contributed by atoms with Gasteiger partial charge in [0, 0.05) is 23.9 Å². The zero-order valence-corrected chi connectivity index (χ0v) is 12.9. The van der Waals surface area contributed by atoms with Crippen LogP contribution < -0.4 is 10.6 Å². The predicted molar refractivity (Wildman–Crippen MR) is 85.1 cm³/mol. The minimum Gasteiger partial charge on any atom is -0.326 e. The van der Waals surface area contributed by atoms with Gasteiger partial charge in [-0.1, -0.05) is 18.2 Å². The molecular weight excluding hydrogens is 335 g/mol. The van der Waals surface area contributed by atoms with Crippen LogP contribution in [0.1, 0.15) is 23.5 Å². The Balaban J connectivity index is 1.73. The van der Waals surface area contributed by atoms with Crippen molar-refractivity contribution in [3.05, 3.63) is 53.7 Å². The quantitative estimate of drug-likeness (QED) is 0.894. The number of rotatable bonds is 3. The summed E-state index contributed by atoms with van der Waals surface area (Å²) in [6.07, 6.45) is -3.81. The van der Waals surface area contributed by atoms with Crippen LogP contribution in [0, 0.1) is 0 Å². The molecule has 1 aromatic heterocycles. The lowest BCUT2D eigenvalue weighted by atomic mass is 9.92. The Bertz CT molecular complexity index is 804. The fourth-order valence-electron chi connectivity index (χ4n) is 2.68. The molecule has 130 valence electrons. The molecule has 2 N–H and O–H groups in total. The van der Waals surface area contributed by atoms with Gasteiger partial charge >= 0.3 is 6.18 Å². The zero-order valence-electron chi connectivity index (χ0n) is 12.9. The normalized spacial score (nSPS) is 16.8. The summed E-state index contributed by atoms with van der Waals surface area (Å²) in [7, 11) is 0. The number of fused-ring (bicyclic) bond motifs is 1. The van der Waals surface area contributed by atoms with E-state index in [1.807, 2.05) is 0 Å². The van der Waals surface area contributed by atoms with Crippen molar-refractivity contribution in [1.82, 2.24) is 4.98 Å². The zero-order chi connectivity index (χ0) is 18.0. The Kier molecular flexibility index (Phi) is 4.43. The number of hydrogen-bond donors (Lipinski definition) is 2. The van der Waals surface area contributed by atoms with Gasteiger partial charge in [0.25, 0.3) is 0 Å². The largest absolute Gasteiger partial charge is 0.393 e. The molecule has 1 aliphatic rings. The van der Waals surface area contributed by atoms with Gasteiger partial charge in [0.05, 0.1) is 12.3 Å². The fourth-order valence-corrected chi connectivity index (χ4v) is 2.68. The summed E-state index contributed by atoms with van der Waals surface area (Å²) in [6.45, 7) is 0. The van der Waals surface area contributed by atoms with Crippen LogP contribution in [0.3, 0.4) is 0 Å². The second-order valence-corrected chi connectivity index (χ2v) is 5.72. The molecular formula is C17H14F3N3O2. The van der Waals surface area contributed by atoms with Crippen molar-refractivity contribution < 1.29 is 22.8 Å². The van der Waals surface area contributed by atoms with Crippen LogP contribution in [0.15, 0.2) is 42.6 Å². The summed E-state index contributed by atoms with van der Waals surface area (Å²) >= 11 is 0. The summed E-state index contributed by atoms with van der Waals surface area (Å²) < 4.78 is 37.1. The maximum absolute atomic E-state index is 12.5. The molecule has 25 heavy (non-hydrogen) atoms. The van der Waals surface area contributed by atoms with E-state index in [0.717, 1.165) is 0 Å². The third kappa shape index (κ3) is 4.14. The third-order valence-electron chi connectivity index (χ3n) is 3.80. The lowest BCUT2D eigenvalue weighted by molar-refractivity contribution is -0.127. The highest BCUT2D eigenvalue weighted by Crippen LogP contribution is 2.31. The number of benzene rings is 1. The minimum atomic E-state index is -4.28. The van der Waals surface area contributed by atoms with E-state index < -0.39 is 24.4 Å². The molecule has 0 radical (unpaired) electrons. The molecule has 2 heterocycles. The van der Waals surface area contributed by atoms with E-state index in [1.54, 1.807) is 12.1 Å². The molecule has 3 rings (SSSR count). The summed E-state index contributed by atoms with van der Waals surface area (Å²) in [5, 5.41) is 5.24. The van der Waals surface area contributed by atoms with Crippen LogP contribution in [0.25, 0.3) is 0 Å². The Hall–Kier alpha value is -2.90. The number of carbonyl (C=O) groups is 2. The summed E-state index contributed by atoms with van der Waals surface area (Å²) in [4.78, 5) is 28.3. The first-order valence-corrected chi connectivity index (χ1v) is 7.53. The van der Waals surface area contributed by atoms with E-state index in [-0.39, 0.29) is 17.9 Å². The molecule has 2 amide bonds. The second kappa shape index (κ2) is 6.54. The first-order chi connectivity index (χ1) is 11.8. The van der Waals surface area contributed by atoms with E-state index in [2.05, 4.69) is 15.6 Å². The van der Waals surface area contributed by atoms with Gasteiger partial charge in [0.2, 0.25) is 11.8 Å². The van der Waals surface area contributed by atoms with E-state index in [0.29, 0.717) is 17.1 Å². The average molecular weight is 349 g/mol. The van der Waals surface area contributed by atoms with E-state index in [4.69, 9.17) is 0 Å². The molecule has 0 saturated carbocycles. The van der Waals surface area contributed by atoms with E-state index in [1.165, 1.54) is 30.5 Å². The Morgan fingerprint density at radius 3 is 2.64 bits per heavy atom. The molecule has 5 nitrogen and oxygen atoms in total. The van der Waals surface area contributed by atoms with Crippen molar-refractivity contribution in [3.63, 3.8) is 0 Å². The first kappa shape index (κ1) is 16.9. The van der Waals surface area contributed by atoms with E-state index >= 15 is 0 Å². The van der Waals surface area contributed by atoms with Crippen LogP contribution in [-0.2, 0) is 16.0 Å². The standard InChI is InChI=1S/C17H14F3N3O2/c18-17(19,20)9-10-3-5-11(6-4-10)22-16(25)13-8-14(24)23-15-12(13)2-1-7-21-15/h1-7,13H,8-9H2,(H,22,25)(H,21,23,24). The molecule has 0 fully saturated rings. The predicted octanol–water partition coefficient (Wildman–Crippen LogP) is 3.25. The number of anilines is 2. The van der Waals surface area contributed by atoms with Crippen molar-refractivity contribution in [2.24, 2.45) is 0 Å². The highest BCUT2D eigenvalue weighted by atomic mass is 19.4. The number of pyridine rings is 1. The van der Waals surface area contributed by atoms with Gasteiger partial charge in [-0.05, 0) is 23.8 Å². The van der Waals surface area contributed by atoms with Crippen molar-refractivity contribution in [3.8, 4) is 0 Å². The summed E-state index contributed by atoms with van der Waals surface area (Å²) in [5.41, 5.74) is 1.08.